The number of benzene rings is 9. The summed E-state index contributed by atoms with van der Waals surface area (Å²) in [6.45, 7) is 0. The molecular formula is C54H35N5S. The predicted octanol–water partition coefficient (Wildman–Crippen LogP) is 13.8. The average molecular weight is 786 g/mol. The van der Waals surface area contributed by atoms with Crippen molar-refractivity contribution in [1.82, 2.24) is 19.5 Å². The minimum Gasteiger partial charge on any atom is -0.398 e. The predicted molar refractivity (Wildman–Crippen MR) is 252 cm³/mol. The van der Waals surface area contributed by atoms with Crippen LogP contribution in [0.15, 0.2) is 188 Å². The summed E-state index contributed by atoms with van der Waals surface area (Å²) < 4.78 is 4.93. The van der Waals surface area contributed by atoms with E-state index in [1.54, 1.807) is 0 Å². The second-order valence-electron chi connectivity index (χ2n) is 15.4. The van der Waals surface area contributed by atoms with Gasteiger partial charge in [-0.25, -0.2) is 15.0 Å². The van der Waals surface area contributed by atoms with Crippen molar-refractivity contribution in [2.24, 2.45) is 0 Å². The molecule has 60 heavy (non-hydrogen) atoms. The molecule has 0 aliphatic carbocycles. The number of anilines is 1. The minimum absolute atomic E-state index is 0.492. The van der Waals surface area contributed by atoms with Crippen LogP contribution in [0.3, 0.4) is 0 Å². The Balaban J connectivity index is 1.19. The Morgan fingerprint density at radius 3 is 1.75 bits per heavy atom. The van der Waals surface area contributed by atoms with Gasteiger partial charge in [0, 0.05) is 59.7 Å². The number of hydrogen-bond donors (Lipinski definition) is 1. The van der Waals surface area contributed by atoms with Gasteiger partial charge in [-0.1, -0.05) is 140 Å². The Hall–Kier alpha value is -7.67. The summed E-state index contributed by atoms with van der Waals surface area (Å²) in [5.41, 5.74) is 15.6. The van der Waals surface area contributed by atoms with Crippen molar-refractivity contribution in [2.75, 3.05) is 5.73 Å². The van der Waals surface area contributed by atoms with Crippen LogP contribution >= 0.6 is 11.3 Å². The standard InChI is InChI=1S/C54H35N5S/c55-45-24-12-10-22-40(45)39-21-9-8-20-38(39)32-50-56-53(33-14-2-1-3-15-33)58-54(57-50)42-26-27-49-51(41-23-11-13-25-48(41)60-49)52(42)59-46-30-36-18-6-4-16-34(36)28-43(46)44-29-35-17-5-7-19-37(35)31-47(44)59/h1-31H,32,55H2. The molecule has 0 aliphatic rings. The van der Waals surface area contributed by atoms with E-state index in [0.29, 0.717) is 23.9 Å². The molecule has 0 saturated heterocycles. The van der Waals surface area contributed by atoms with Crippen molar-refractivity contribution in [2.45, 2.75) is 6.42 Å². The van der Waals surface area contributed by atoms with Crippen LogP contribution in [0.25, 0.3) is 103 Å². The summed E-state index contributed by atoms with van der Waals surface area (Å²) in [5.74, 6) is 1.94. The molecule has 0 amide bonds. The van der Waals surface area contributed by atoms with E-state index < -0.39 is 0 Å². The van der Waals surface area contributed by atoms with Gasteiger partial charge in [-0.15, -0.1) is 11.3 Å². The highest BCUT2D eigenvalue weighted by Gasteiger charge is 2.24. The number of hydrogen-bond acceptors (Lipinski definition) is 5. The lowest BCUT2D eigenvalue weighted by molar-refractivity contribution is 0.932. The second-order valence-corrected chi connectivity index (χ2v) is 16.5. The van der Waals surface area contributed by atoms with Crippen molar-refractivity contribution in [3.8, 4) is 39.6 Å². The van der Waals surface area contributed by atoms with E-state index in [0.717, 1.165) is 50.2 Å². The first-order valence-corrected chi connectivity index (χ1v) is 21.0. The monoisotopic (exact) mass is 785 g/mol. The van der Waals surface area contributed by atoms with Gasteiger partial charge in [0.2, 0.25) is 0 Å². The Morgan fingerprint density at radius 2 is 1.03 bits per heavy atom. The summed E-state index contributed by atoms with van der Waals surface area (Å²) in [5, 5.41) is 9.60. The third kappa shape index (κ3) is 5.57. The fourth-order valence-corrected chi connectivity index (χ4v) is 10.1. The number of aromatic nitrogens is 4. The highest BCUT2D eigenvalue weighted by atomic mass is 32.1. The van der Waals surface area contributed by atoms with Gasteiger partial charge in [-0.05, 0) is 81.2 Å². The lowest BCUT2D eigenvalue weighted by Gasteiger charge is -2.17. The van der Waals surface area contributed by atoms with Crippen LogP contribution in [-0.2, 0) is 6.42 Å². The zero-order chi connectivity index (χ0) is 39.7. The van der Waals surface area contributed by atoms with Crippen molar-refractivity contribution in [1.29, 1.82) is 0 Å². The van der Waals surface area contributed by atoms with Crippen LogP contribution in [0.5, 0.6) is 0 Å². The summed E-state index contributed by atoms with van der Waals surface area (Å²) in [4.78, 5) is 16.0. The molecule has 3 aromatic heterocycles. The molecular weight excluding hydrogens is 751 g/mol. The number of nitrogen functional groups attached to an aromatic ring is 1. The normalized spacial score (nSPS) is 11.8. The summed E-state index contributed by atoms with van der Waals surface area (Å²) in [6, 6.07) is 66.6. The van der Waals surface area contributed by atoms with E-state index in [9.17, 15) is 0 Å². The maximum absolute atomic E-state index is 6.55. The smallest absolute Gasteiger partial charge is 0.165 e. The summed E-state index contributed by atoms with van der Waals surface area (Å²) in [6.07, 6.45) is 0.492. The molecule has 5 nitrogen and oxygen atoms in total. The van der Waals surface area contributed by atoms with E-state index in [1.807, 2.05) is 47.7 Å². The average Bonchev–Trinajstić information content (AvgIpc) is 3.82. The fourth-order valence-electron chi connectivity index (χ4n) is 9.03. The van der Waals surface area contributed by atoms with E-state index in [1.165, 1.54) is 52.5 Å². The van der Waals surface area contributed by atoms with Crippen LogP contribution < -0.4 is 5.73 Å². The highest BCUT2D eigenvalue weighted by Crippen LogP contribution is 2.46. The van der Waals surface area contributed by atoms with Crippen LogP contribution in [0, 0.1) is 0 Å². The van der Waals surface area contributed by atoms with Gasteiger partial charge in [0.1, 0.15) is 5.82 Å². The molecule has 12 aromatic rings. The molecule has 9 aromatic carbocycles. The first kappa shape index (κ1) is 34.4. The number of rotatable bonds is 6. The Labute approximate surface area is 349 Å². The highest BCUT2D eigenvalue weighted by molar-refractivity contribution is 7.25. The zero-order valence-electron chi connectivity index (χ0n) is 32.4. The van der Waals surface area contributed by atoms with Crippen molar-refractivity contribution in [3.63, 3.8) is 0 Å². The first-order chi connectivity index (χ1) is 29.6. The van der Waals surface area contributed by atoms with Crippen LogP contribution in [0.4, 0.5) is 5.69 Å². The number of nitrogens with two attached hydrogens (primary N) is 1. The largest absolute Gasteiger partial charge is 0.398 e. The third-order valence-electron chi connectivity index (χ3n) is 11.8. The lowest BCUT2D eigenvalue weighted by atomic mass is 9.96. The molecule has 0 radical (unpaired) electrons. The molecule has 3 heterocycles. The van der Waals surface area contributed by atoms with Crippen LogP contribution in [0.2, 0.25) is 0 Å². The summed E-state index contributed by atoms with van der Waals surface area (Å²) >= 11 is 1.82. The Morgan fingerprint density at radius 1 is 0.450 bits per heavy atom. The van der Waals surface area contributed by atoms with E-state index in [-0.39, 0.29) is 0 Å². The molecule has 0 atom stereocenters. The zero-order valence-corrected chi connectivity index (χ0v) is 33.2. The van der Waals surface area contributed by atoms with Crippen molar-refractivity contribution >= 4 is 80.5 Å². The molecule has 0 bridgehead atoms. The van der Waals surface area contributed by atoms with E-state index in [2.05, 4.69) is 156 Å². The molecule has 0 saturated carbocycles. The topological polar surface area (TPSA) is 69.6 Å². The number of para-hydroxylation sites is 1. The van der Waals surface area contributed by atoms with Gasteiger partial charge in [0.05, 0.1) is 16.7 Å². The van der Waals surface area contributed by atoms with Gasteiger partial charge in [0.25, 0.3) is 0 Å². The first-order valence-electron chi connectivity index (χ1n) is 20.2. The molecule has 12 rings (SSSR count). The van der Waals surface area contributed by atoms with Crippen LogP contribution in [-0.4, -0.2) is 19.5 Å². The molecule has 0 fully saturated rings. The van der Waals surface area contributed by atoms with Gasteiger partial charge in [0.15, 0.2) is 11.6 Å². The molecule has 0 unspecified atom stereocenters. The second kappa shape index (κ2) is 13.7. The molecule has 0 spiro atoms. The third-order valence-corrected chi connectivity index (χ3v) is 12.9. The number of fused-ring (bicyclic) bond motifs is 8. The van der Waals surface area contributed by atoms with Crippen molar-refractivity contribution < 1.29 is 0 Å². The van der Waals surface area contributed by atoms with E-state index >= 15 is 0 Å². The molecule has 282 valence electrons. The summed E-state index contributed by atoms with van der Waals surface area (Å²) in [7, 11) is 0. The fraction of sp³-hybridized carbons (Fsp3) is 0.0185. The lowest BCUT2D eigenvalue weighted by Crippen LogP contribution is -2.07. The van der Waals surface area contributed by atoms with Gasteiger partial charge >= 0.3 is 0 Å². The van der Waals surface area contributed by atoms with Crippen LogP contribution in [0.1, 0.15) is 11.4 Å². The minimum atomic E-state index is 0.492. The molecule has 0 aliphatic heterocycles. The van der Waals surface area contributed by atoms with Gasteiger partial charge in [-0.2, -0.15) is 0 Å². The molecule has 6 heteroatoms. The Kier molecular flexibility index (Phi) is 7.86. The SMILES string of the molecule is Nc1ccccc1-c1ccccc1Cc1nc(-c2ccccc2)nc(-c2ccc3sc4ccccc4c3c2-n2c3cc4ccccc4cc3c3cc4ccccc4cc32)n1. The molecule has 2 N–H and O–H groups in total. The number of thiophene rings is 1. The van der Waals surface area contributed by atoms with Gasteiger partial charge in [-0.3, -0.25) is 0 Å². The quantitative estimate of drug-likeness (QED) is 0.170. The van der Waals surface area contributed by atoms with Gasteiger partial charge < -0.3 is 10.3 Å². The number of nitrogens with zero attached hydrogens (tertiary/aromatic N) is 4. The van der Waals surface area contributed by atoms with E-state index in [4.69, 9.17) is 20.7 Å². The van der Waals surface area contributed by atoms with Crippen molar-refractivity contribution in [3.05, 3.63) is 199 Å². The maximum Gasteiger partial charge on any atom is 0.165 e. The maximum atomic E-state index is 6.55. The Bertz CT molecular complexity index is 3570.